The van der Waals surface area contributed by atoms with E-state index in [0.29, 0.717) is 126 Å². The molecule has 0 atom stereocenters. The van der Waals surface area contributed by atoms with E-state index in [9.17, 15) is 19.2 Å². The Kier molecular flexibility index (Phi) is 31.4. The third-order valence-corrected chi connectivity index (χ3v) is 23.5. The molecule has 0 aliphatic rings. The first-order valence-corrected chi connectivity index (χ1v) is 46.0. The minimum atomic E-state index is -0.102. The van der Waals surface area contributed by atoms with Crippen molar-refractivity contribution in [3.63, 3.8) is 0 Å². The van der Waals surface area contributed by atoms with Gasteiger partial charge in [0.05, 0.1) is 29.2 Å². The normalized spacial score (nSPS) is 10.7. The zero-order valence-corrected chi connectivity index (χ0v) is 79.1. The molecule has 32 heteroatoms. The summed E-state index contributed by atoms with van der Waals surface area (Å²) in [4.78, 5) is 113. The van der Waals surface area contributed by atoms with Crippen LogP contribution in [0.25, 0.3) is 67.9 Å². The molecule has 0 fully saturated rings. The van der Waals surface area contributed by atoms with Crippen LogP contribution in [0.15, 0.2) is 335 Å². The van der Waals surface area contributed by atoms with Gasteiger partial charge in [0, 0.05) is 188 Å². The molecule has 708 valence electrons. The molecule has 8 aromatic carbocycles. The summed E-state index contributed by atoms with van der Waals surface area (Å²) in [5, 5.41) is 57.8. The molecule has 0 bridgehead atoms. The first kappa shape index (κ1) is 97.5. The van der Waals surface area contributed by atoms with Crippen LogP contribution in [0.2, 0.25) is 0 Å². The molecule has 146 heavy (non-hydrogen) atoms. The van der Waals surface area contributed by atoms with E-state index in [2.05, 4.69) is 92.7 Å². The maximum atomic E-state index is 13.0. The Morgan fingerprint density at radius 3 is 0.911 bits per heavy atom. The molecule has 0 N–H and O–H groups in total. The highest BCUT2D eigenvalue weighted by molar-refractivity contribution is 6.00. The van der Waals surface area contributed by atoms with E-state index in [1.54, 1.807) is 159 Å². The van der Waals surface area contributed by atoms with Crippen LogP contribution in [-0.2, 0) is 64.2 Å². The van der Waals surface area contributed by atoms with Gasteiger partial charge >= 0.3 is 23.6 Å². The summed E-state index contributed by atoms with van der Waals surface area (Å²) in [5.41, 5.74) is 25.1. The summed E-state index contributed by atoms with van der Waals surface area (Å²) in [7, 11) is 0. The van der Waals surface area contributed by atoms with Crippen molar-refractivity contribution in [3.8, 4) is 92.1 Å². The second-order valence-corrected chi connectivity index (χ2v) is 33.8. The van der Waals surface area contributed by atoms with Gasteiger partial charge in [0.2, 0.25) is 17.6 Å². The van der Waals surface area contributed by atoms with E-state index in [-0.39, 0.29) is 65.4 Å². The Balaban J connectivity index is 0.000000133. The third kappa shape index (κ3) is 26.1. The van der Waals surface area contributed by atoms with E-state index < -0.39 is 0 Å². The minimum absolute atomic E-state index is 0.00277. The average Bonchev–Trinajstić information content (AvgIpc) is 1.11. The SMILES string of the molecule is Cc1ccc(CC(=O)c2ccc(-c3nnc(C#N)o3)cc2)cc1Cc1nccc(-c2cccnc2)n1.Cc1ccc(CC(=O)c2ccc(-c3noc(C#N)n3)cc2)cc1Cc1nccc(-c2cccnc2)n1.Cc1ccc(CC(=O)c2ccc(Cc3nnc(C#N)o3)cc2)cc1Cc1nccc(-c2cccnc2)n1.Cc1ccc(CC(=O)c2ccc(Cc3noc(C#N)n3)cc2)cc1Cc1nccc(-c2cccnc2)n1. The summed E-state index contributed by atoms with van der Waals surface area (Å²) in [6.45, 7) is 8.18. The lowest BCUT2D eigenvalue weighted by atomic mass is 9.97. The molecule has 0 saturated carbocycles. The molecule has 0 amide bonds. The van der Waals surface area contributed by atoms with E-state index in [1.807, 2.05) is 198 Å². The number of benzene rings is 8. The molecule has 0 aliphatic heterocycles. The van der Waals surface area contributed by atoms with Crippen LogP contribution >= 0.6 is 0 Å². The number of aryl methyl sites for hydroxylation is 4. The maximum Gasteiger partial charge on any atom is 0.329 e. The lowest BCUT2D eigenvalue weighted by Gasteiger charge is -2.10. The molecule has 0 spiro atoms. The summed E-state index contributed by atoms with van der Waals surface area (Å²) in [6, 6.07) is 82.9. The second-order valence-electron chi connectivity index (χ2n) is 33.8. The van der Waals surface area contributed by atoms with Gasteiger partial charge in [-0.15, -0.1) is 10.2 Å². The first-order chi connectivity index (χ1) is 71.3. The Hall–Kier alpha value is -20.1. The summed E-state index contributed by atoms with van der Waals surface area (Å²) >= 11 is 0. The monoisotopic (exact) mass is 1920 g/mol. The highest BCUT2D eigenvalue weighted by atomic mass is 16.5. The highest BCUT2D eigenvalue weighted by Gasteiger charge is 2.21. The van der Waals surface area contributed by atoms with Gasteiger partial charge in [-0.3, -0.25) is 39.1 Å². The average molecular weight is 1920 g/mol. The van der Waals surface area contributed by atoms with Crippen LogP contribution in [0.3, 0.4) is 0 Å². The van der Waals surface area contributed by atoms with Crippen molar-refractivity contribution >= 4 is 23.1 Å². The Bertz CT molecular complexity index is 7760. The van der Waals surface area contributed by atoms with Crippen LogP contribution in [0.1, 0.15) is 178 Å². The first-order valence-electron chi connectivity index (χ1n) is 46.0. The molecule has 0 saturated heterocycles. The van der Waals surface area contributed by atoms with E-state index >= 15 is 0 Å². The number of pyridine rings is 4. The van der Waals surface area contributed by atoms with E-state index in [1.165, 1.54) is 0 Å². The van der Waals surface area contributed by atoms with Gasteiger partial charge in [-0.25, -0.2) is 39.9 Å². The fraction of sp³-hybridized carbons (Fsp3) is 0.123. The fourth-order valence-corrected chi connectivity index (χ4v) is 15.7. The van der Waals surface area contributed by atoms with Crippen molar-refractivity contribution in [2.75, 3.05) is 0 Å². The van der Waals surface area contributed by atoms with E-state index in [0.717, 1.165) is 123 Å². The predicted molar refractivity (Wildman–Crippen MR) is 535 cm³/mol. The van der Waals surface area contributed by atoms with Gasteiger partial charge in [0.1, 0.15) is 23.3 Å². The molecule has 20 aromatic rings. The Morgan fingerprint density at radius 1 is 0.274 bits per heavy atom. The lowest BCUT2D eigenvalue weighted by Crippen LogP contribution is -2.06. The number of carbonyl (C=O) groups excluding carboxylic acids is 4. The molecular formula is C114H84N24O8. The lowest BCUT2D eigenvalue weighted by molar-refractivity contribution is 0.0984. The summed E-state index contributed by atoms with van der Waals surface area (Å²) in [6.07, 6.45) is 25.3. The second kappa shape index (κ2) is 47.0. The number of rotatable bonds is 30. The van der Waals surface area contributed by atoms with Gasteiger partial charge in [-0.1, -0.05) is 178 Å². The van der Waals surface area contributed by atoms with Crippen molar-refractivity contribution in [3.05, 3.63) is 476 Å². The number of nitriles is 4. The van der Waals surface area contributed by atoms with Crippen molar-refractivity contribution in [1.82, 2.24) is 100 Å². The van der Waals surface area contributed by atoms with Crippen molar-refractivity contribution in [2.24, 2.45) is 0 Å². The Morgan fingerprint density at radius 2 is 0.589 bits per heavy atom. The van der Waals surface area contributed by atoms with Gasteiger partial charge in [0.15, 0.2) is 53.2 Å². The van der Waals surface area contributed by atoms with E-state index in [4.69, 9.17) is 58.9 Å². The number of Topliss-reactive ketones (excluding diaryl/α,β-unsaturated/α-hetero) is 4. The number of hydrogen-bond acceptors (Lipinski definition) is 32. The van der Waals surface area contributed by atoms with Crippen LogP contribution in [0.5, 0.6) is 0 Å². The number of aromatic nitrogens is 20. The summed E-state index contributed by atoms with van der Waals surface area (Å²) < 4.78 is 20.1. The molecule has 12 heterocycles. The largest absolute Gasteiger partial charge is 0.413 e. The van der Waals surface area contributed by atoms with Gasteiger partial charge in [0.25, 0.3) is 0 Å². The summed E-state index contributed by atoms with van der Waals surface area (Å²) in [5.74, 6) is 3.90. The predicted octanol–water partition coefficient (Wildman–Crippen LogP) is 19.0. The molecule has 0 unspecified atom stereocenters. The molecule has 0 radical (unpaired) electrons. The van der Waals surface area contributed by atoms with Crippen LogP contribution in [-0.4, -0.2) is 124 Å². The molecule has 20 rings (SSSR count). The standard InChI is InChI=1S/2C29H22N6O2.2C28H20N6O2/c1-19-4-5-21(13-24(19)16-27-32-12-10-25(33-27)23-3-2-11-31-18-23)14-26(36)22-8-6-20(7-9-22)15-28-34-35-29(17-30)37-28;1-19-4-5-21(13-24(19)16-27-32-12-10-25(33-27)23-3-2-11-31-18-23)14-26(36)22-8-6-20(7-9-22)15-28-34-29(17-30)37-35-28;1-18-4-5-19(13-23(18)15-26-31-12-10-24(32-26)22-3-2-11-30-17-22)14-25(35)20-6-8-21(9-7-20)28-34-33-27(16-29)36-28;1-18-4-5-19(13-23(18)15-26-31-12-10-24(32-26)22-3-2-11-30-17-22)14-25(35)20-6-8-21(9-7-20)28-33-27(16-29)36-34-28/h2*2-13,18H,14-16H2,1H3;2*2-13,17H,14-15H2,1H3. The van der Waals surface area contributed by atoms with Gasteiger partial charge in [-0.2, -0.15) is 31.0 Å². The van der Waals surface area contributed by atoms with Crippen molar-refractivity contribution in [1.29, 1.82) is 21.0 Å². The van der Waals surface area contributed by atoms with Crippen LogP contribution in [0, 0.1) is 73.0 Å². The topological polar surface area (TPSA) is 474 Å². The highest BCUT2D eigenvalue weighted by Crippen LogP contribution is 2.29. The molecule has 12 aromatic heterocycles. The molecule has 0 aliphatic carbocycles. The van der Waals surface area contributed by atoms with Crippen LogP contribution in [0.4, 0.5) is 0 Å². The zero-order chi connectivity index (χ0) is 101. The number of nitrogens with zero attached hydrogens (tertiary/aromatic N) is 24. The number of ketones is 4. The number of hydrogen-bond donors (Lipinski definition) is 0. The van der Waals surface area contributed by atoms with Gasteiger partial charge in [-0.05, 0) is 191 Å². The third-order valence-electron chi connectivity index (χ3n) is 23.5. The fourth-order valence-electron chi connectivity index (χ4n) is 15.7. The molecular weight excluding hydrogens is 1830 g/mol. The quantitative estimate of drug-likeness (QED) is 0.0377. The molecule has 32 nitrogen and oxygen atoms in total. The van der Waals surface area contributed by atoms with Gasteiger partial charge < -0.3 is 17.9 Å². The minimum Gasteiger partial charge on any atom is -0.413 e. The van der Waals surface area contributed by atoms with Crippen molar-refractivity contribution < 1.29 is 37.1 Å². The smallest absolute Gasteiger partial charge is 0.329 e. The van der Waals surface area contributed by atoms with Crippen LogP contribution < -0.4 is 0 Å². The maximum absolute atomic E-state index is 13.0. The zero-order valence-electron chi connectivity index (χ0n) is 79.1. The Labute approximate surface area is 836 Å². The number of carbonyl (C=O) groups is 4. The van der Waals surface area contributed by atoms with Crippen molar-refractivity contribution in [2.45, 2.75) is 91.9 Å².